The number of hydrogen-bond acceptors (Lipinski definition) is 5. The minimum atomic E-state index is -3.20. The summed E-state index contributed by atoms with van der Waals surface area (Å²) in [6.45, 7) is 5.46. The Morgan fingerprint density at radius 1 is 1.40 bits per heavy atom. The third-order valence-corrected chi connectivity index (χ3v) is 3.43. The number of carbonyl (C=O) groups is 1. The fourth-order valence-electron chi connectivity index (χ4n) is 1.58. The number of sulfone groups is 1. The average molecular weight is 303 g/mol. The zero-order chi connectivity index (χ0) is 15.7. The first-order valence-electron chi connectivity index (χ1n) is 6.17. The van der Waals surface area contributed by atoms with Gasteiger partial charge in [0.25, 0.3) is 0 Å². The Hall–Kier alpha value is -1.57. The van der Waals surface area contributed by atoms with E-state index in [9.17, 15) is 13.2 Å². The first kappa shape index (κ1) is 16.5. The van der Waals surface area contributed by atoms with Crippen molar-refractivity contribution in [2.24, 2.45) is 0 Å². The highest BCUT2D eigenvalue weighted by Gasteiger charge is 2.22. The molecule has 0 unspecified atom stereocenters. The Labute approximate surface area is 119 Å². The van der Waals surface area contributed by atoms with Crippen LogP contribution in [0.1, 0.15) is 31.1 Å². The topological polar surface area (TPSA) is 81.5 Å². The first-order chi connectivity index (χ1) is 9.03. The lowest BCUT2D eigenvalue weighted by atomic mass is 10.3. The molecule has 1 heterocycles. The molecule has 0 aliphatic heterocycles. The van der Waals surface area contributed by atoms with Gasteiger partial charge < -0.3 is 9.64 Å². The van der Waals surface area contributed by atoms with Gasteiger partial charge in [-0.15, -0.1) is 0 Å². The number of carbonyl (C=O) groups excluding carboxylic acids is 1. The van der Waals surface area contributed by atoms with Gasteiger partial charge in [-0.25, -0.2) is 17.9 Å². The standard InChI is InChI=1S/C12H21N3O4S/c1-8(2)15-11(19-12(16)14(4)5)9(3)10(13-15)7-20(6,17)18/h8H,7H2,1-6H3. The largest absolute Gasteiger partial charge is 0.416 e. The molecule has 1 rings (SSSR count). The normalized spacial score (nSPS) is 11.8. The van der Waals surface area contributed by atoms with E-state index in [4.69, 9.17) is 4.74 Å². The molecule has 0 fully saturated rings. The van der Waals surface area contributed by atoms with Gasteiger partial charge in [0.05, 0.1) is 17.5 Å². The molecule has 0 saturated carbocycles. The number of hydrogen-bond donors (Lipinski definition) is 0. The van der Waals surface area contributed by atoms with Crippen LogP contribution < -0.4 is 4.74 Å². The summed E-state index contributed by atoms with van der Waals surface area (Å²) in [7, 11) is -0.0512. The van der Waals surface area contributed by atoms with Crippen LogP contribution in [0.5, 0.6) is 5.88 Å². The van der Waals surface area contributed by atoms with Crippen LogP contribution in [0.3, 0.4) is 0 Å². The molecule has 114 valence electrons. The quantitative estimate of drug-likeness (QED) is 0.839. The van der Waals surface area contributed by atoms with E-state index < -0.39 is 15.9 Å². The zero-order valence-corrected chi connectivity index (χ0v) is 13.5. The number of ether oxygens (including phenoxy) is 1. The molecule has 0 aliphatic carbocycles. The molecular formula is C12H21N3O4S. The van der Waals surface area contributed by atoms with E-state index in [1.807, 2.05) is 13.8 Å². The Morgan fingerprint density at radius 3 is 2.35 bits per heavy atom. The average Bonchev–Trinajstić information content (AvgIpc) is 2.55. The van der Waals surface area contributed by atoms with Crippen molar-refractivity contribution in [3.63, 3.8) is 0 Å². The van der Waals surface area contributed by atoms with Crippen LogP contribution in [0.4, 0.5) is 4.79 Å². The maximum Gasteiger partial charge on any atom is 0.416 e. The molecule has 0 aliphatic rings. The second kappa shape index (κ2) is 5.82. The molecule has 7 nitrogen and oxygen atoms in total. The van der Waals surface area contributed by atoms with Crippen molar-refractivity contribution in [2.75, 3.05) is 20.4 Å². The summed E-state index contributed by atoms with van der Waals surface area (Å²) >= 11 is 0. The van der Waals surface area contributed by atoms with E-state index in [0.717, 1.165) is 6.26 Å². The third kappa shape index (κ3) is 3.96. The van der Waals surface area contributed by atoms with E-state index in [2.05, 4.69) is 5.10 Å². The van der Waals surface area contributed by atoms with E-state index in [-0.39, 0.29) is 17.7 Å². The fraction of sp³-hybridized carbons (Fsp3) is 0.667. The third-order valence-electron chi connectivity index (χ3n) is 2.63. The number of amides is 1. The van der Waals surface area contributed by atoms with Crippen LogP contribution in [0.2, 0.25) is 0 Å². The van der Waals surface area contributed by atoms with E-state index in [1.165, 1.54) is 9.58 Å². The van der Waals surface area contributed by atoms with Gasteiger partial charge in [0.1, 0.15) is 0 Å². The summed E-state index contributed by atoms with van der Waals surface area (Å²) in [4.78, 5) is 13.0. The van der Waals surface area contributed by atoms with Crippen LogP contribution in [0, 0.1) is 6.92 Å². The fourth-order valence-corrected chi connectivity index (χ4v) is 2.35. The van der Waals surface area contributed by atoms with E-state index >= 15 is 0 Å². The molecule has 1 amide bonds. The minimum absolute atomic E-state index is 0.0491. The Bertz CT molecular complexity index is 602. The van der Waals surface area contributed by atoms with E-state index in [0.29, 0.717) is 11.3 Å². The van der Waals surface area contributed by atoms with Crippen LogP contribution >= 0.6 is 0 Å². The molecule has 0 saturated heterocycles. The Morgan fingerprint density at radius 2 is 1.95 bits per heavy atom. The highest BCUT2D eigenvalue weighted by atomic mass is 32.2. The maximum absolute atomic E-state index is 11.7. The van der Waals surface area contributed by atoms with Gasteiger partial charge in [-0.3, -0.25) is 0 Å². The van der Waals surface area contributed by atoms with Crippen molar-refractivity contribution in [1.29, 1.82) is 0 Å². The highest BCUT2D eigenvalue weighted by Crippen LogP contribution is 2.26. The van der Waals surface area contributed by atoms with Crippen molar-refractivity contribution >= 4 is 15.9 Å². The number of nitrogens with zero attached hydrogens (tertiary/aromatic N) is 3. The van der Waals surface area contributed by atoms with Crippen LogP contribution in [0.15, 0.2) is 0 Å². The van der Waals surface area contributed by atoms with Crippen LogP contribution in [0.25, 0.3) is 0 Å². The molecule has 1 aromatic heterocycles. The summed E-state index contributed by atoms with van der Waals surface area (Å²) in [6, 6.07) is -0.0491. The molecule has 0 N–H and O–H groups in total. The molecule has 1 aromatic rings. The van der Waals surface area contributed by atoms with Crippen molar-refractivity contribution in [3.8, 4) is 5.88 Å². The summed E-state index contributed by atoms with van der Waals surface area (Å²) in [6.07, 6.45) is 0.618. The van der Waals surface area contributed by atoms with Gasteiger partial charge in [-0.1, -0.05) is 0 Å². The molecule has 0 spiro atoms. The van der Waals surface area contributed by atoms with Gasteiger partial charge in [-0.05, 0) is 20.8 Å². The molecule has 0 bridgehead atoms. The van der Waals surface area contributed by atoms with Crippen molar-refractivity contribution in [3.05, 3.63) is 11.3 Å². The monoisotopic (exact) mass is 303 g/mol. The smallest absolute Gasteiger partial charge is 0.391 e. The van der Waals surface area contributed by atoms with Crippen LogP contribution in [-0.4, -0.2) is 49.5 Å². The van der Waals surface area contributed by atoms with Crippen molar-refractivity contribution in [1.82, 2.24) is 14.7 Å². The Kier molecular flexibility index (Phi) is 4.80. The minimum Gasteiger partial charge on any atom is -0.391 e. The summed E-state index contributed by atoms with van der Waals surface area (Å²) in [5.41, 5.74) is 0.974. The molecule has 8 heteroatoms. The SMILES string of the molecule is Cc1c(CS(C)(=O)=O)nn(C(C)C)c1OC(=O)N(C)C. The second-order valence-electron chi connectivity index (χ2n) is 5.25. The lowest BCUT2D eigenvalue weighted by Gasteiger charge is -2.14. The van der Waals surface area contributed by atoms with Crippen molar-refractivity contribution in [2.45, 2.75) is 32.6 Å². The number of rotatable bonds is 4. The molecule has 0 aromatic carbocycles. The lowest BCUT2D eigenvalue weighted by molar-refractivity contribution is 0.166. The Balaban J connectivity index is 3.24. The van der Waals surface area contributed by atoms with E-state index in [1.54, 1.807) is 21.0 Å². The molecule has 0 radical (unpaired) electrons. The summed E-state index contributed by atoms with van der Waals surface area (Å²) < 4.78 is 29.6. The van der Waals surface area contributed by atoms with Crippen molar-refractivity contribution < 1.29 is 17.9 Å². The second-order valence-corrected chi connectivity index (χ2v) is 7.39. The molecular weight excluding hydrogens is 282 g/mol. The molecule has 20 heavy (non-hydrogen) atoms. The van der Waals surface area contributed by atoms with Gasteiger partial charge >= 0.3 is 6.09 Å². The maximum atomic E-state index is 11.7. The highest BCUT2D eigenvalue weighted by molar-refractivity contribution is 7.89. The summed E-state index contributed by atoms with van der Waals surface area (Å²) in [5, 5.41) is 4.25. The lowest BCUT2D eigenvalue weighted by Crippen LogP contribution is -2.26. The van der Waals surface area contributed by atoms with Gasteiger partial charge in [0, 0.05) is 25.9 Å². The first-order valence-corrected chi connectivity index (χ1v) is 8.23. The van der Waals surface area contributed by atoms with Crippen LogP contribution in [-0.2, 0) is 15.6 Å². The summed E-state index contributed by atoms with van der Waals surface area (Å²) in [5.74, 6) is 0.114. The molecule has 0 atom stereocenters. The van der Waals surface area contributed by atoms with Gasteiger partial charge in [0.2, 0.25) is 5.88 Å². The zero-order valence-electron chi connectivity index (χ0n) is 12.7. The predicted molar refractivity (Wildman–Crippen MR) is 75.6 cm³/mol. The van der Waals surface area contributed by atoms with Gasteiger partial charge in [-0.2, -0.15) is 5.10 Å². The van der Waals surface area contributed by atoms with Gasteiger partial charge in [0.15, 0.2) is 9.84 Å². The predicted octanol–water partition coefficient (Wildman–Crippen LogP) is 1.38. The number of aromatic nitrogens is 2.